The fraction of sp³-hybridized carbons (Fsp3) is 0.562. The third kappa shape index (κ3) is 7.05. The Kier molecular flexibility index (Phi) is 10.0. The molecule has 6 N–H and O–H groups in total. The molecule has 1 aliphatic carbocycles. The lowest BCUT2D eigenvalue weighted by Gasteiger charge is -2.44. The Bertz CT molecular complexity index is 1230. The first-order valence-electron chi connectivity index (χ1n) is 14.7. The molecule has 6 unspecified atom stereocenters. The number of halogens is 1. The number of amides is 2. The van der Waals surface area contributed by atoms with E-state index in [2.05, 4.69) is 31.3 Å². The van der Waals surface area contributed by atoms with Crippen LogP contribution in [0, 0.1) is 11.8 Å². The molecule has 1 heterocycles. The van der Waals surface area contributed by atoms with Gasteiger partial charge in [0.25, 0.3) is 0 Å². The highest BCUT2D eigenvalue weighted by Crippen LogP contribution is 2.46. The molecule has 2 aromatic rings. The Morgan fingerprint density at radius 2 is 1.90 bits per heavy atom. The van der Waals surface area contributed by atoms with E-state index in [1.807, 2.05) is 35.2 Å². The molecule has 0 bridgehead atoms. The minimum Gasteiger partial charge on any atom is -0.465 e. The lowest BCUT2D eigenvalue weighted by Crippen LogP contribution is -2.50. The number of nitrogens with two attached hydrogens (primary N) is 1. The van der Waals surface area contributed by atoms with E-state index in [1.54, 1.807) is 6.92 Å². The Morgan fingerprint density at radius 3 is 2.56 bits per heavy atom. The van der Waals surface area contributed by atoms with Gasteiger partial charge < -0.3 is 31.3 Å². The summed E-state index contributed by atoms with van der Waals surface area (Å²) in [5, 5.41) is 35.2. The predicted octanol–water partition coefficient (Wildman–Crippen LogP) is 5.09. The largest absolute Gasteiger partial charge is 0.465 e. The van der Waals surface area contributed by atoms with Crippen LogP contribution in [0.3, 0.4) is 0 Å². The highest BCUT2D eigenvalue weighted by atomic mass is 35.5. The zero-order valence-electron chi connectivity index (χ0n) is 24.2. The van der Waals surface area contributed by atoms with Crippen molar-refractivity contribution in [3.63, 3.8) is 0 Å². The van der Waals surface area contributed by atoms with E-state index in [4.69, 9.17) is 17.3 Å². The number of likely N-dealkylation sites (tertiary alicyclic amines) is 1. The molecule has 224 valence electrons. The van der Waals surface area contributed by atoms with Gasteiger partial charge in [-0.15, -0.1) is 0 Å². The normalized spacial score (nSPS) is 25.1. The van der Waals surface area contributed by atoms with Gasteiger partial charge in [0.1, 0.15) is 0 Å². The molecule has 2 aromatic carbocycles. The summed E-state index contributed by atoms with van der Waals surface area (Å²) < 4.78 is 0. The van der Waals surface area contributed by atoms with Crippen LogP contribution in [0.2, 0.25) is 5.02 Å². The summed E-state index contributed by atoms with van der Waals surface area (Å²) in [6.07, 6.45) is 1.12. The lowest BCUT2D eigenvalue weighted by atomic mass is 9.71. The number of piperidine rings is 1. The number of carbonyl (C=O) groups excluding carboxylic acids is 1. The monoisotopic (exact) mass is 585 g/mol. The van der Waals surface area contributed by atoms with Crippen molar-refractivity contribution < 1.29 is 24.9 Å². The molecular formula is C32H44ClN3O5. The van der Waals surface area contributed by atoms with Crippen molar-refractivity contribution in [3.8, 4) is 11.1 Å². The summed E-state index contributed by atoms with van der Waals surface area (Å²) in [5.41, 5.74) is 8.13. The van der Waals surface area contributed by atoms with Gasteiger partial charge in [-0.2, -0.15) is 0 Å². The molecular weight excluding hydrogens is 542 g/mol. The highest BCUT2D eigenvalue weighted by molar-refractivity contribution is 6.33. The number of carboxylic acid groups (broad SMARTS) is 1. The zero-order chi connectivity index (χ0) is 29.9. The van der Waals surface area contributed by atoms with Gasteiger partial charge in [-0.25, -0.2) is 4.79 Å². The van der Waals surface area contributed by atoms with E-state index in [0.29, 0.717) is 55.3 Å². The quantitative estimate of drug-likeness (QED) is 0.278. The van der Waals surface area contributed by atoms with Crippen molar-refractivity contribution in [1.29, 1.82) is 0 Å². The summed E-state index contributed by atoms with van der Waals surface area (Å²) in [6.45, 7) is 6.98. The van der Waals surface area contributed by atoms with Crippen LogP contribution in [-0.2, 0) is 10.4 Å². The Hall–Kier alpha value is -2.65. The zero-order valence-corrected chi connectivity index (χ0v) is 25.0. The number of aliphatic hydroxyl groups excluding tert-OH is 1. The Morgan fingerprint density at radius 1 is 1.17 bits per heavy atom. The average Bonchev–Trinajstić information content (AvgIpc) is 3.28. The first kappa shape index (κ1) is 31.3. The minimum absolute atomic E-state index is 0.0269. The summed E-state index contributed by atoms with van der Waals surface area (Å²) in [6, 6.07) is 13.0. The van der Waals surface area contributed by atoms with E-state index < -0.39 is 23.8 Å². The number of benzene rings is 2. The van der Waals surface area contributed by atoms with Gasteiger partial charge in [-0.05, 0) is 74.1 Å². The Balaban J connectivity index is 1.73. The van der Waals surface area contributed by atoms with E-state index in [9.17, 15) is 24.9 Å². The fourth-order valence-electron chi connectivity index (χ4n) is 6.58. The van der Waals surface area contributed by atoms with Crippen LogP contribution >= 0.6 is 11.6 Å². The van der Waals surface area contributed by atoms with Crippen LogP contribution in [0.1, 0.15) is 76.3 Å². The number of nitrogens with one attached hydrogen (secondary N) is 1. The van der Waals surface area contributed by atoms with Gasteiger partial charge in [0.05, 0.1) is 11.7 Å². The van der Waals surface area contributed by atoms with E-state index in [1.165, 1.54) is 0 Å². The first-order chi connectivity index (χ1) is 19.4. The Labute approximate surface area is 247 Å². The molecule has 4 rings (SSSR count). The second-order valence-corrected chi connectivity index (χ2v) is 12.7. The molecule has 8 nitrogen and oxygen atoms in total. The highest BCUT2D eigenvalue weighted by Gasteiger charge is 2.45. The van der Waals surface area contributed by atoms with Gasteiger partial charge in [0, 0.05) is 47.6 Å². The van der Waals surface area contributed by atoms with Crippen LogP contribution in [0.25, 0.3) is 11.1 Å². The molecule has 41 heavy (non-hydrogen) atoms. The molecule has 0 aromatic heterocycles. The second kappa shape index (κ2) is 13.1. The maximum absolute atomic E-state index is 13.5. The third-order valence-electron chi connectivity index (χ3n) is 8.98. The lowest BCUT2D eigenvalue weighted by molar-refractivity contribution is -0.141. The molecule has 0 radical (unpaired) electrons. The van der Waals surface area contributed by atoms with E-state index in [0.717, 1.165) is 23.1 Å². The SMILES string of the molecule is CC(CCC(O)(c1cccc(Cl)c1-c1cccc(C(C)C)c1)C1CCCN(C(=O)C2CC(N)C(O)C2)C1)NC(=O)O. The maximum atomic E-state index is 13.5. The molecule has 2 amide bonds. The number of rotatable bonds is 9. The molecule has 1 saturated heterocycles. The van der Waals surface area contributed by atoms with Gasteiger partial charge in [0.2, 0.25) is 5.91 Å². The van der Waals surface area contributed by atoms with Crippen molar-refractivity contribution in [2.45, 2.75) is 89.0 Å². The van der Waals surface area contributed by atoms with Gasteiger partial charge >= 0.3 is 6.09 Å². The van der Waals surface area contributed by atoms with Crippen LogP contribution in [0.5, 0.6) is 0 Å². The molecule has 6 atom stereocenters. The van der Waals surface area contributed by atoms with Gasteiger partial charge in [0.15, 0.2) is 0 Å². The number of aliphatic hydroxyl groups is 2. The van der Waals surface area contributed by atoms with Crippen molar-refractivity contribution in [1.82, 2.24) is 10.2 Å². The minimum atomic E-state index is -1.38. The smallest absolute Gasteiger partial charge is 0.404 e. The molecule has 2 aliphatic rings. The van der Waals surface area contributed by atoms with Gasteiger partial charge in [-0.3, -0.25) is 4.79 Å². The van der Waals surface area contributed by atoms with Crippen LogP contribution in [0.15, 0.2) is 42.5 Å². The number of nitrogens with zero attached hydrogens (tertiary/aromatic N) is 1. The molecule has 9 heteroatoms. The van der Waals surface area contributed by atoms with Crippen molar-refractivity contribution in [2.24, 2.45) is 17.6 Å². The van der Waals surface area contributed by atoms with Crippen molar-refractivity contribution in [2.75, 3.05) is 13.1 Å². The molecule has 2 fully saturated rings. The van der Waals surface area contributed by atoms with E-state index in [-0.39, 0.29) is 30.2 Å². The molecule has 1 saturated carbocycles. The summed E-state index contributed by atoms with van der Waals surface area (Å²) in [7, 11) is 0. The fourth-order valence-corrected chi connectivity index (χ4v) is 6.87. The standard InChI is InChI=1S/C32H44ClN3O5/c1-19(2)21-7-4-8-22(15-21)29-25(10-5-11-26(29)33)32(41,13-12-20(3)35-31(39)40)24-9-6-14-36(18-24)30(38)23-16-27(34)28(37)17-23/h4-5,7-8,10-11,15,19-20,23-24,27-28,35,37,41H,6,9,12-14,16-18,34H2,1-3H3,(H,39,40). The number of hydrogen-bond donors (Lipinski definition) is 5. The molecule has 0 spiro atoms. The topological polar surface area (TPSA) is 136 Å². The number of carbonyl (C=O) groups is 2. The summed E-state index contributed by atoms with van der Waals surface area (Å²) >= 11 is 6.86. The van der Waals surface area contributed by atoms with Gasteiger partial charge in [-0.1, -0.05) is 61.8 Å². The third-order valence-corrected chi connectivity index (χ3v) is 9.30. The summed E-state index contributed by atoms with van der Waals surface area (Å²) in [4.78, 5) is 26.6. The van der Waals surface area contributed by atoms with Crippen LogP contribution in [0.4, 0.5) is 4.79 Å². The second-order valence-electron chi connectivity index (χ2n) is 12.3. The van der Waals surface area contributed by atoms with Crippen LogP contribution in [-0.4, -0.2) is 63.5 Å². The molecule has 1 aliphatic heterocycles. The van der Waals surface area contributed by atoms with Crippen molar-refractivity contribution in [3.05, 3.63) is 58.6 Å². The van der Waals surface area contributed by atoms with E-state index >= 15 is 0 Å². The maximum Gasteiger partial charge on any atom is 0.404 e. The predicted molar refractivity (Wildman–Crippen MR) is 161 cm³/mol. The number of hydrogen-bond acceptors (Lipinski definition) is 5. The average molecular weight is 586 g/mol. The first-order valence-corrected chi connectivity index (χ1v) is 15.1. The van der Waals surface area contributed by atoms with Crippen molar-refractivity contribution >= 4 is 23.6 Å². The van der Waals surface area contributed by atoms with Crippen LogP contribution < -0.4 is 11.1 Å². The summed E-state index contributed by atoms with van der Waals surface area (Å²) in [5.74, 6) is -0.348.